The molecule has 1 aliphatic carbocycles. The summed E-state index contributed by atoms with van der Waals surface area (Å²) in [6.07, 6.45) is 9.04. The minimum absolute atomic E-state index is 0.370. The first-order valence-electron chi connectivity index (χ1n) is 10.3. The molecule has 2 aliphatic rings. The number of rotatable bonds is 9. The van der Waals surface area contributed by atoms with Crippen LogP contribution in [0.1, 0.15) is 38.3 Å². The Morgan fingerprint density at radius 1 is 1.38 bits per heavy atom. The van der Waals surface area contributed by atoms with E-state index in [1.165, 1.54) is 6.42 Å². The summed E-state index contributed by atoms with van der Waals surface area (Å²) in [5.74, 6) is 0. The third-order valence-electron chi connectivity index (χ3n) is 5.56. The zero-order chi connectivity index (χ0) is 21.0. The van der Waals surface area contributed by atoms with Crippen molar-refractivity contribution in [3.05, 3.63) is 65.9 Å². The van der Waals surface area contributed by atoms with E-state index in [1.807, 2.05) is 25.3 Å². The molecule has 3 N–H and O–H groups in total. The van der Waals surface area contributed by atoms with Gasteiger partial charge in [-0.3, -0.25) is 9.89 Å². The normalized spacial score (nSPS) is 19.4. The number of nitrogens with one attached hydrogen (secondary N) is 1. The molecule has 1 heterocycles. The fourth-order valence-electron chi connectivity index (χ4n) is 4.12. The summed E-state index contributed by atoms with van der Waals surface area (Å²) in [5, 5.41) is 3.46. The molecule has 1 aromatic carbocycles. The number of nitrogens with zero attached hydrogens (tertiary/aromatic N) is 2. The van der Waals surface area contributed by atoms with Gasteiger partial charge in [-0.15, -0.1) is 0 Å². The highest BCUT2D eigenvalue weighted by Crippen LogP contribution is 2.38. The van der Waals surface area contributed by atoms with Crippen LogP contribution in [-0.2, 0) is 0 Å². The van der Waals surface area contributed by atoms with E-state index in [1.54, 1.807) is 11.8 Å². The van der Waals surface area contributed by atoms with Gasteiger partial charge in [-0.05, 0) is 30.4 Å². The average molecular weight is 391 g/mol. The number of likely N-dealkylation sites (tertiary alicyclic amines) is 1. The van der Waals surface area contributed by atoms with Gasteiger partial charge in [-0.2, -0.15) is 0 Å². The fourth-order valence-corrected chi connectivity index (χ4v) is 4.12. The molecule has 0 spiro atoms. The van der Waals surface area contributed by atoms with Crippen molar-refractivity contribution in [1.82, 2.24) is 4.90 Å². The largest absolute Gasteiger partial charge is 0.404 e. The van der Waals surface area contributed by atoms with Crippen LogP contribution in [0.15, 0.2) is 59.8 Å². The van der Waals surface area contributed by atoms with Crippen LogP contribution in [0.2, 0.25) is 0 Å². The van der Waals surface area contributed by atoms with Gasteiger partial charge in [0.1, 0.15) is 0 Å². The van der Waals surface area contributed by atoms with Gasteiger partial charge in [0.15, 0.2) is 0 Å². The highest BCUT2D eigenvalue weighted by atomic mass is 15.2. The maximum atomic E-state index is 5.83. The summed E-state index contributed by atoms with van der Waals surface area (Å²) in [6, 6.07) is 6.51. The maximum absolute atomic E-state index is 5.83. The summed E-state index contributed by atoms with van der Waals surface area (Å²) in [7, 11) is 0. The Bertz CT molecular complexity index is 867. The molecule has 0 aromatic heterocycles. The summed E-state index contributed by atoms with van der Waals surface area (Å²) < 4.78 is 0. The Morgan fingerprint density at radius 3 is 2.69 bits per heavy atom. The van der Waals surface area contributed by atoms with E-state index >= 15 is 0 Å². The number of nitrogens with two attached hydrogens (primary N) is 1. The standard InChI is InChI=1S/C25H34N4/c1-6-22-23(18(2)3)8-7-9-24(22)28-14-20(12-26)13-27-21-16-29(17-21)15-19-10-25(4,5)11-19/h6-10,12-13,21,28H,1-2,11,14-17,26H2,3-5H3. The van der Waals surface area contributed by atoms with E-state index in [9.17, 15) is 0 Å². The lowest BCUT2D eigenvalue weighted by atomic mass is 9.74. The molecule has 3 rings (SSSR count). The highest BCUT2D eigenvalue weighted by molar-refractivity contribution is 5.82. The SMILES string of the molecule is C=Cc1c(NCC(C=NC2CN(CC3=CC(C)(C)C3)C2)=CN)cccc1C(=C)C. The van der Waals surface area contributed by atoms with Crippen LogP contribution in [0.3, 0.4) is 0 Å². The van der Waals surface area contributed by atoms with Gasteiger partial charge in [-0.25, -0.2) is 0 Å². The lowest BCUT2D eigenvalue weighted by Gasteiger charge is -2.41. The van der Waals surface area contributed by atoms with Gasteiger partial charge in [0, 0.05) is 55.4 Å². The van der Waals surface area contributed by atoms with Crippen molar-refractivity contribution in [2.75, 3.05) is 31.5 Å². The van der Waals surface area contributed by atoms with Crippen molar-refractivity contribution >= 4 is 23.6 Å². The molecular formula is C25H34N4. The van der Waals surface area contributed by atoms with E-state index in [0.717, 1.165) is 47.6 Å². The van der Waals surface area contributed by atoms with Gasteiger partial charge in [0.2, 0.25) is 0 Å². The molecule has 29 heavy (non-hydrogen) atoms. The van der Waals surface area contributed by atoms with Crippen molar-refractivity contribution in [3.63, 3.8) is 0 Å². The van der Waals surface area contributed by atoms with E-state index in [2.05, 4.69) is 55.4 Å². The lowest BCUT2D eigenvalue weighted by molar-refractivity contribution is 0.159. The molecule has 0 radical (unpaired) electrons. The van der Waals surface area contributed by atoms with Gasteiger partial charge in [0.05, 0.1) is 6.04 Å². The number of hydrogen-bond acceptors (Lipinski definition) is 4. The summed E-state index contributed by atoms with van der Waals surface area (Å²) in [6.45, 7) is 18.4. The van der Waals surface area contributed by atoms with Crippen molar-refractivity contribution in [1.29, 1.82) is 0 Å². The van der Waals surface area contributed by atoms with Crippen molar-refractivity contribution < 1.29 is 0 Å². The second-order valence-electron chi connectivity index (χ2n) is 8.94. The Morgan fingerprint density at radius 2 is 2.10 bits per heavy atom. The molecule has 0 saturated carbocycles. The van der Waals surface area contributed by atoms with Crippen LogP contribution in [0.25, 0.3) is 11.6 Å². The molecule has 1 fully saturated rings. The van der Waals surface area contributed by atoms with Gasteiger partial charge in [-0.1, -0.05) is 62.4 Å². The van der Waals surface area contributed by atoms with E-state index in [-0.39, 0.29) is 0 Å². The first-order valence-corrected chi connectivity index (χ1v) is 10.3. The first kappa shape index (κ1) is 21.1. The Hall–Kier alpha value is -2.59. The predicted molar refractivity (Wildman–Crippen MR) is 127 cm³/mol. The topological polar surface area (TPSA) is 53.7 Å². The molecule has 4 nitrogen and oxygen atoms in total. The number of anilines is 1. The van der Waals surface area contributed by atoms with Gasteiger partial charge >= 0.3 is 0 Å². The number of aliphatic imine (C=N–C) groups is 1. The molecule has 0 atom stereocenters. The summed E-state index contributed by atoms with van der Waals surface area (Å²) >= 11 is 0. The fraction of sp³-hybridized carbons (Fsp3) is 0.400. The van der Waals surface area contributed by atoms with Crippen LogP contribution in [0.4, 0.5) is 5.69 Å². The first-order chi connectivity index (χ1) is 13.8. The molecule has 0 bridgehead atoms. The minimum Gasteiger partial charge on any atom is -0.404 e. The summed E-state index contributed by atoms with van der Waals surface area (Å²) in [4.78, 5) is 7.19. The van der Waals surface area contributed by atoms with Crippen LogP contribution in [-0.4, -0.2) is 43.3 Å². The monoisotopic (exact) mass is 390 g/mol. The number of benzene rings is 1. The van der Waals surface area contributed by atoms with Crippen LogP contribution in [0.5, 0.6) is 0 Å². The average Bonchev–Trinajstić information content (AvgIpc) is 2.63. The van der Waals surface area contributed by atoms with Crippen molar-refractivity contribution in [2.24, 2.45) is 16.1 Å². The molecule has 0 unspecified atom stereocenters. The maximum Gasteiger partial charge on any atom is 0.0753 e. The molecule has 154 valence electrons. The van der Waals surface area contributed by atoms with Crippen LogP contribution in [0, 0.1) is 5.41 Å². The second kappa shape index (κ2) is 8.83. The molecular weight excluding hydrogens is 356 g/mol. The Balaban J connectivity index is 1.49. The third-order valence-corrected chi connectivity index (χ3v) is 5.56. The quantitative estimate of drug-likeness (QED) is 0.473. The molecule has 4 heteroatoms. The zero-order valence-corrected chi connectivity index (χ0v) is 18.0. The van der Waals surface area contributed by atoms with Crippen molar-refractivity contribution in [3.8, 4) is 0 Å². The number of allylic oxidation sites excluding steroid dienone is 2. The van der Waals surface area contributed by atoms with Crippen LogP contribution < -0.4 is 11.1 Å². The zero-order valence-electron chi connectivity index (χ0n) is 18.0. The van der Waals surface area contributed by atoms with Crippen molar-refractivity contribution in [2.45, 2.75) is 33.2 Å². The second-order valence-corrected chi connectivity index (χ2v) is 8.94. The Labute approximate surface area is 175 Å². The van der Waals surface area contributed by atoms with E-state index in [0.29, 0.717) is 18.0 Å². The molecule has 0 amide bonds. The van der Waals surface area contributed by atoms with Crippen LogP contribution >= 0.6 is 0 Å². The number of hydrogen-bond donors (Lipinski definition) is 2. The molecule has 1 aromatic rings. The highest BCUT2D eigenvalue weighted by Gasteiger charge is 2.31. The van der Waals surface area contributed by atoms with E-state index < -0.39 is 0 Å². The van der Waals surface area contributed by atoms with Gasteiger partial charge < -0.3 is 11.1 Å². The smallest absolute Gasteiger partial charge is 0.0753 e. The molecule has 1 saturated heterocycles. The Kier molecular flexibility index (Phi) is 6.43. The lowest BCUT2D eigenvalue weighted by Crippen LogP contribution is -2.51. The van der Waals surface area contributed by atoms with Gasteiger partial charge in [0.25, 0.3) is 0 Å². The minimum atomic E-state index is 0.370. The van der Waals surface area contributed by atoms with E-state index in [4.69, 9.17) is 10.7 Å². The third kappa shape index (κ3) is 5.27. The molecule has 1 aliphatic heterocycles. The summed E-state index contributed by atoms with van der Waals surface area (Å²) in [5.41, 5.74) is 13.0. The predicted octanol–water partition coefficient (Wildman–Crippen LogP) is 4.73.